The third-order valence-electron chi connectivity index (χ3n) is 1.55. The summed E-state index contributed by atoms with van der Waals surface area (Å²) in [7, 11) is 0. The minimum atomic E-state index is -0.423. The van der Waals surface area contributed by atoms with Gasteiger partial charge < -0.3 is 9.53 Å². The van der Waals surface area contributed by atoms with Crippen LogP contribution in [0.2, 0.25) is 0 Å². The average Bonchev–Trinajstić information content (AvgIpc) is 2.01. The number of hydrogen-bond donors (Lipinski definition) is 0. The lowest BCUT2D eigenvalue weighted by molar-refractivity contribution is -0.149. The van der Waals surface area contributed by atoms with Crippen molar-refractivity contribution in [1.29, 1.82) is 0 Å². The Morgan fingerprint density at radius 1 is 1.58 bits per heavy atom. The predicted octanol–water partition coefficient (Wildman–Crippen LogP) is 1.70. The summed E-state index contributed by atoms with van der Waals surface area (Å²) in [4.78, 5) is 20.7. The monoisotopic (exact) mass is 172 g/mol. The molecule has 0 aliphatic carbocycles. The molecule has 1 atom stereocenters. The van der Waals surface area contributed by atoms with E-state index in [1.807, 2.05) is 6.92 Å². The summed E-state index contributed by atoms with van der Waals surface area (Å²) in [5.74, 6) is -0.423. The lowest BCUT2D eigenvalue weighted by Crippen LogP contribution is -2.14. The second-order valence-corrected chi connectivity index (χ2v) is 2.81. The third-order valence-corrected chi connectivity index (χ3v) is 1.55. The molecule has 0 N–H and O–H groups in total. The Balaban J connectivity index is 3.46. The molecule has 0 fully saturated rings. The summed E-state index contributed by atoms with van der Waals surface area (Å²) in [6, 6.07) is 0. The molecule has 0 aliphatic rings. The first-order valence-corrected chi connectivity index (χ1v) is 4.33. The molecule has 0 aliphatic heterocycles. The van der Waals surface area contributed by atoms with E-state index in [2.05, 4.69) is 6.92 Å². The van der Waals surface area contributed by atoms with Crippen molar-refractivity contribution in [3.05, 3.63) is 0 Å². The minimum absolute atomic E-state index is 0.0580. The van der Waals surface area contributed by atoms with Gasteiger partial charge in [0.25, 0.3) is 0 Å². The van der Waals surface area contributed by atoms with Gasteiger partial charge in [-0.1, -0.05) is 19.8 Å². The minimum Gasteiger partial charge on any atom is -0.462 e. The number of ether oxygens (including phenoxy) is 1. The van der Waals surface area contributed by atoms with Crippen LogP contribution < -0.4 is 0 Å². The van der Waals surface area contributed by atoms with Crippen molar-refractivity contribution in [2.24, 2.45) is 0 Å². The predicted molar refractivity (Wildman–Crippen MR) is 45.8 cm³/mol. The Hall–Kier alpha value is -0.860. The van der Waals surface area contributed by atoms with Crippen molar-refractivity contribution in [1.82, 2.24) is 0 Å². The van der Waals surface area contributed by atoms with Crippen molar-refractivity contribution in [2.45, 2.75) is 45.6 Å². The summed E-state index contributed by atoms with van der Waals surface area (Å²) >= 11 is 0. The van der Waals surface area contributed by atoms with Crippen molar-refractivity contribution >= 4 is 12.3 Å². The largest absolute Gasteiger partial charge is 0.462 e. The Kier molecular flexibility index (Phi) is 6.34. The molecule has 0 heterocycles. The standard InChI is InChI=1S/C9H16O3/c1-3-4-5-8(2)12-9(11)6-7-10/h7-8H,3-6H2,1-2H3. The topological polar surface area (TPSA) is 43.4 Å². The number of rotatable bonds is 6. The van der Waals surface area contributed by atoms with Crippen LogP contribution in [0, 0.1) is 0 Å². The lowest BCUT2D eigenvalue weighted by Gasteiger charge is -2.10. The van der Waals surface area contributed by atoms with Gasteiger partial charge in [-0.15, -0.1) is 0 Å². The Bertz CT molecular complexity index is 143. The van der Waals surface area contributed by atoms with Crippen molar-refractivity contribution in [2.75, 3.05) is 0 Å². The second kappa shape index (κ2) is 6.83. The molecule has 0 aromatic heterocycles. The highest BCUT2D eigenvalue weighted by atomic mass is 16.5. The van der Waals surface area contributed by atoms with E-state index in [4.69, 9.17) is 4.74 Å². The number of esters is 1. The van der Waals surface area contributed by atoms with E-state index in [-0.39, 0.29) is 12.5 Å². The quantitative estimate of drug-likeness (QED) is 0.348. The van der Waals surface area contributed by atoms with E-state index in [0.29, 0.717) is 6.29 Å². The summed E-state index contributed by atoms with van der Waals surface area (Å²) in [5, 5.41) is 0. The van der Waals surface area contributed by atoms with Gasteiger partial charge in [0, 0.05) is 0 Å². The molecule has 0 aromatic carbocycles. The molecule has 0 saturated heterocycles. The molecule has 0 radical (unpaired) electrons. The second-order valence-electron chi connectivity index (χ2n) is 2.81. The van der Waals surface area contributed by atoms with E-state index >= 15 is 0 Å². The number of carbonyl (C=O) groups is 2. The molecule has 0 saturated carbocycles. The zero-order chi connectivity index (χ0) is 9.40. The van der Waals surface area contributed by atoms with Crippen LogP contribution in [0.1, 0.15) is 39.5 Å². The van der Waals surface area contributed by atoms with Gasteiger partial charge in [0.05, 0.1) is 6.10 Å². The zero-order valence-electron chi connectivity index (χ0n) is 7.71. The summed E-state index contributed by atoms with van der Waals surface area (Å²) in [6.45, 7) is 3.93. The van der Waals surface area contributed by atoms with E-state index in [1.165, 1.54) is 0 Å². The Morgan fingerprint density at radius 3 is 2.75 bits per heavy atom. The molecule has 0 rings (SSSR count). The fraction of sp³-hybridized carbons (Fsp3) is 0.778. The van der Waals surface area contributed by atoms with Crippen LogP contribution in [0.5, 0.6) is 0 Å². The van der Waals surface area contributed by atoms with Crippen LogP contribution in [0.25, 0.3) is 0 Å². The Labute approximate surface area is 73.1 Å². The van der Waals surface area contributed by atoms with Crippen molar-refractivity contribution in [3.8, 4) is 0 Å². The highest BCUT2D eigenvalue weighted by Crippen LogP contribution is 2.04. The van der Waals surface area contributed by atoms with Crippen LogP contribution in [0.4, 0.5) is 0 Å². The van der Waals surface area contributed by atoms with Gasteiger partial charge >= 0.3 is 5.97 Å². The Morgan fingerprint density at radius 2 is 2.25 bits per heavy atom. The maximum absolute atomic E-state index is 10.8. The first-order chi connectivity index (χ1) is 5.70. The van der Waals surface area contributed by atoms with Gasteiger partial charge in [0.1, 0.15) is 12.7 Å². The van der Waals surface area contributed by atoms with Gasteiger partial charge in [-0.05, 0) is 13.3 Å². The fourth-order valence-electron chi connectivity index (χ4n) is 0.891. The number of carbonyl (C=O) groups excluding carboxylic acids is 2. The van der Waals surface area contributed by atoms with Crippen LogP contribution in [-0.4, -0.2) is 18.4 Å². The molecule has 3 heteroatoms. The van der Waals surface area contributed by atoms with Crippen LogP contribution in [-0.2, 0) is 14.3 Å². The molecule has 0 aromatic rings. The number of unbranched alkanes of at least 4 members (excludes halogenated alkanes) is 1. The molecule has 0 amide bonds. The molecule has 1 unspecified atom stereocenters. The first-order valence-electron chi connectivity index (χ1n) is 4.33. The van der Waals surface area contributed by atoms with Crippen LogP contribution in [0.15, 0.2) is 0 Å². The highest BCUT2D eigenvalue weighted by Gasteiger charge is 2.07. The van der Waals surface area contributed by atoms with E-state index in [9.17, 15) is 9.59 Å². The maximum Gasteiger partial charge on any atom is 0.313 e. The smallest absolute Gasteiger partial charge is 0.313 e. The van der Waals surface area contributed by atoms with E-state index in [1.54, 1.807) is 0 Å². The molecular formula is C9H16O3. The number of hydrogen-bond acceptors (Lipinski definition) is 3. The van der Waals surface area contributed by atoms with Crippen LogP contribution >= 0.6 is 0 Å². The summed E-state index contributed by atoms with van der Waals surface area (Å²) in [6.07, 6.45) is 3.40. The zero-order valence-corrected chi connectivity index (χ0v) is 7.71. The molecule has 0 spiro atoms. The lowest BCUT2D eigenvalue weighted by atomic mass is 10.2. The molecule has 70 valence electrons. The molecule has 0 bridgehead atoms. The third kappa shape index (κ3) is 5.89. The van der Waals surface area contributed by atoms with Gasteiger partial charge in [-0.2, -0.15) is 0 Å². The SMILES string of the molecule is CCCCC(C)OC(=O)CC=O. The fourth-order valence-corrected chi connectivity index (χ4v) is 0.891. The van der Waals surface area contributed by atoms with Gasteiger partial charge in [0.2, 0.25) is 0 Å². The molecule has 3 nitrogen and oxygen atoms in total. The van der Waals surface area contributed by atoms with E-state index < -0.39 is 5.97 Å². The number of aldehydes is 1. The van der Waals surface area contributed by atoms with E-state index in [0.717, 1.165) is 19.3 Å². The molecule has 12 heavy (non-hydrogen) atoms. The van der Waals surface area contributed by atoms with Gasteiger partial charge in [0.15, 0.2) is 0 Å². The maximum atomic E-state index is 10.8. The first kappa shape index (κ1) is 11.1. The van der Waals surface area contributed by atoms with Crippen molar-refractivity contribution in [3.63, 3.8) is 0 Å². The van der Waals surface area contributed by atoms with Crippen molar-refractivity contribution < 1.29 is 14.3 Å². The average molecular weight is 172 g/mol. The normalized spacial score (nSPS) is 12.2. The van der Waals surface area contributed by atoms with Gasteiger partial charge in [-0.25, -0.2) is 0 Å². The summed E-state index contributed by atoms with van der Waals surface area (Å²) < 4.78 is 4.92. The summed E-state index contributed by atoms with van der Waals surface area (Å²) in [5.41, 5.74) is 0. The van der Waals surface area contributed by atoms with Crippen LogP contribution in [0.3, 0.4) is 0 Å². The highest BCUT2D eigenvalue weighted by molar-refractivity contribution is 5.83. The van der Waals surface area contributed by atoms with Gasteiger partial charge in [-0.3, -0.25) is 4.79 Å². The molecular weight excluding hydrogens is 156 g/mol.